The molecule has 0 aromatic heterocycles. The molecule has 1 unspecified atom stereocenters. The predicted octanol–water partition coefficient (Wildman–Crippen LogP) is 3.87. The van der Waals surface area contributed by atoms with Gasteiger partial charge in [-0.3, -0.25) is 0 Å². The third-order valence-electron chi connectivity index (χ3n) is 4.05. The molecule has 2 rings (SSSR count). The highest BCUT2D eigenvalue weighted by molar-refractivity contribution is 5.97. The van der Waals surface area contributed by atoms with Crippen LogP contribution in [0.3, 0.4) is 0 Å². The van der Waals surface area contributed by atoms with E-state index in [1.807, 2.05) is 0 Å². The van der Waals surface area contributed by atoms with Crippen LogP contribution in [0, 0.1) is 0 Å². The zero-order valence-electron chi connectivity index (χ0n) is 13.0. The Labute approximate surface area is 131 Å². The van der Waals surface area contributed by atoms with Crippen LogP contribution in [0.15, 0.2) is 60.7 Å². The first kappa shape index (κ1) is 16.0. The van der Waals surface area contributed by atoms with Crippen LogP contribution in [0.1, 0.15) is 42.7 Å². The van der Waals surface area contributed by atoms with Crippen LogP contribution in [0.25, 0.3) is 0 Å². The Morgan fingerprint density at radius 2 is 1.48 bits per heavy atom. The molecule has 0 aliphatic heterocycles. The van der Waals surface area contributed by atoms with Gasteiger partial charge in [0.1, 0.15) is 10.5 Å². The maximum absolute atomic E-state index is 5.41. The summed E-state index contributed by atoms with van der Waals surface area (Å²) in [5.41, 5.74) is 2.92. The Morgan fingerprint density at radius 3 is 2.14 bits per heavy atom. The van der Waals surface area contributed by atoms with Crippen LogP contribution < -0.4 is 0 Å². The van der Waals surface area contributed by atoms with Crippen molar-refractivity contribution in [1.82, 2.24) is 0 Å². The summed E-state index contributed by atoms with van der Waals surface area (Å²) in [5.74, 6) is 0.649. The van der Waals surface area contributed by atoms with E-state index in [1.54, 1.807) is 0 Å². The normalized spacial score (nSPS) is 12.4. The number of hydrogen-bond acceptors (Lipinski definition) is 1. The van der Waals surface area contributed by atoms with E-state index in [0.29, 0.717) is 5.92 Å². The maximum Gasteiger partial charge on any atom is 0.145 e. The lowest BCUT2D eigenvalue weighted by molar-refractivity contribution is 0.318. The second-order valence-electron chi connectivity index (χ2n) is 5.62. The van der Waals surface area contributed by atoms with Crippen LogP contribution in [0.2, 0.25) is 0 Å². The van der Waals surface area contributed by atoms with Gasteiger partial charge in [-0.2, -0.15) is 0 Å². The molecule has 1 nitrogen and oxygen atoms in total. The highest BCUT2D eigenvalue weighted by atomic mass is 28.2. The number of benzene rings is 2. The fourth-order valence-corrected chi connectivity index (χ4v) is 3.06. The summed E-state index contributed by atoms with van der Waals surface area (Å²) >= 11 is 0. The fourth-order valence-electron chi connectivity index (χ4n) is 2.83. The van der Waals surface area contributed by atoms with Crippen LogP contribution in [-0.2, 0) is 10.8 Å². The van der Waals surface area contributed by atoms with Crippen molar-refractivity contribution in [3.8, 4) is 0 Å². The van der Waals surface area contributed by atoms with Gasteiger partial charge in [-0.05, 0) is 42.7 Å². The number of aryl methyl sites for hydroxylation is 1. The summed E-state index contributed by atoms with van der Waals surface area (Å²) < 4.78 is 5.41. The first-order valence-electron chi connectivity index (χ1n) is 7.98. The fraction of sp³-hybridized carbons (Fsp3) is 0.368. The van der Waals surface area contributed by atoms with Crippen molar-refractivity contribution in [3.05, 3.63) is 71.8 Å². The van der Waals surface area contributed by atoms with Crippen molar-refractivity contribution in [2.45, 2.75) is 38.0 Å². The van der Waals surface area contributed by atoms with Gasteiger partial charge in [-0.15, -0.1) is 0 Å². The topological polar surface area (TPSA) is 9.23 Å². The molecule has 0 aliphatic carbocycles. The van der Waals surface area contributed by atoms with Crippen molar-refractivity contribution >= 4 is 10.5 Å². The van der Waals surface area contributed by atoms with Crippen LogP contribution in [-0.4, -0.2) is 17.1 Å². The van der Waals surface area contributed by atoms with E-state index in [1.165, 1.54) is 36.8 Å². The molecule has 0 fully saturated rings. The van der Waals surface area contributed by atoms with Gasteiger partial charge in [0, 0.05) is 6.61 Å². The number of unbranched alkanes of at least 4 members (excludes halogenated alkanes) is 1. The van der Waals surface area contributed by atoms with E-state index in [4.69, 9.17) is 4.43 Å². The first-order chi connectivity index (χ1) is 10.4. The molecule has 1 atom stereocenters. The van der Waals surface area contributed by atoms with Crippen LogP contribution >= 0.6 is 0 Å². The average molecular weight is 299 g/mol. The molecule has 0 N–H and O–H groups in total. The largest absolute Gasteiger partial charge is 0.428 e. The molecule has 0 bridgehead atoms. The van der Waals surface area contributed by atoms with Crippen molar-refractivity contribution in [3.63, 3.8) is 0 Å². The van der Waals surface area contributed by atoms with Crippen molar-refractivity contribution in [1.29, 1.82) is 0 Å². The van der Waals surface area contributed by atoms with Gasteiger partial charge < -0.3 is 4.43 Å². The summed E-state index contributed by atoms with van der Waals surface area (Å²) in [6, 6.07) is 21.7. The predicted molar refractivity (Wildman–Crippen MR) is 93.7 cm³/mol. The summed E-state index contributed by atoms with van der Waals surface area (Å²) in [4.78, 5) is 0. The van der Waals surface area contributed by atoms with Gasteiger partial charge in [-0.25, -0.2) is 0 Å². The highest BCUT2D eigenvalue weighted by Crippen LogP contribution is 2.25. The van der Waals surface area contributed by atoms with Gasteiger partial charge in [0.2, 0.25) is 0 Å². The smallest absolute Gasteiger partial charge is 0.145 e. The van der Waals surface area contributed by atoms with Gasteiger partial charge in [0.15, 0.2) is 0 Å². The maximum atomic E-state index is 5.41. The Bertz CT molecular complexity index is 483. The van der Waals surface area contributed by atoms with Gasteiger partial charge in [0.25, 0.3) is 0 Å². The van der Waals surface area contributed by atoms with E-state index in [0.717, 1.165) is 23.5 Å². The second-order valence-corrected chi connectivity index (χ2v) is 6.20. The van der Waals surface area contributed by atoms with Crippen molar-refractivity contribution < 1.29 is 4.43 Å². The van der Waals surface area contributed by atoms with E-state index >= 15 is 0 Å². The minimum absolute atomic E-state index is 0.649. The summed E-state index contributed by atoms with van der Waals surface area (Å²) in [7, 11) is 0.846. The van der Waals surface area contributed by atoms with Gasteiger partial charge in [0.05, 0.1) is 0 Å². The molecule has 21 heavy (non-hydrogen) atoms. The molecule has 0 amide bonds. The summed E-state index contributed by atoms with van der Waals surface area (Å²) in [5, 5.41) is 0. The molecule has 0 spiro atoms. The molecule has 0 saturated heterocycles. The average Bonchev–Trinajstić information content (AvgIpc) is 2.56. The minimum atomic E-state index is 0.649. The molecular weight excluding hydrogens is 272 g/mol. The van der Waals surface area contributed by atoms with Crippen LogP contribution in [0.4, 0.5) is 0 Å². The van der Waals surface area contributed by atoms with E-state index in [-0.39, 0.29) is 0 Å². The third-order valence-corrected chi connectivity index (χ3v) is 4.46. The zero-order chi connectivity index (χ0) is 14.8. The van der Waals surface area contributed by atoms with Crippen molar-refractivity contribution in [2.75, 3.05) is 6.61 Å². The lowest BCUT2D eigenvalue weighted by Crippen LogP contribution is -2.04. The lowest BCUT2D eigenvalue weighted by Gasteiger charge is -2.17. The molecule has 0 aliphatic rings. The summed E-state index contributed by atoms with van der Waals surface area (Å²) in [6.07, 6.45) is 6.17. The van der Waals surface area contributed by atoms with E-state index in [9.17, 15) is 0 Å². The molecule has 0 heterocycles. The molecule has 2 aromatic carbocycles. The standard InChI is InChI=1S/C19H26OSi/c21-20-16-15-19(18-12-5-2-6-13-18)14-8-7-11-17-9-3-1-4-10-17/h1-6,9-10,12-13,19H,7-8,11,14-16H2,21H3. The molecule has 112 valence electrons. The number of hydrogen-bond donors (Lipinski definition) is 0. The summed E-state index contributed by atoms with van der Waals surface area (Å²) in [6.45, 7) is 0.907. The van der Waals surface area contributed by atoms with E-state index in [2.05, 4.69) is 60.7 Å². The molecule has 0 radical (unpaired) electrons. The molecule has 2 aromatic rings. The molecule has 0 saturated carbocycles. The van der Waals surface area contributed by atoms with Crippen LogP contribution in [0.5, 0.6) is 0 Å². The monoisotopic (exact) mass is 298 g/mol. The van der Waals surface area contributed by atoms with Gasteiger partial charge in [-0.1, -0.05) is 67.1 Å². The SMILES string of the molecule is [SiH3]OCCC(CCCCc1ccccc1)c1ccccc1. The highest BCUT2D eigenvalue weighted by Gasteiger charge is 2.10. The first-order valence-corrected chi connectivity index (χ1v) is 8.79. The molecule has 2 heteroatoms. The third kappa shape index (κ3) is 5.86. The Balaban J connectivity index is 1.79. The van der Waals surface area contributed by atoms with Crippen molar-refractivity contribution in [2.24, 2.45) is 0 Å². The number of rotatable bonds is 9. The Morgan fingerprint density at radius 1 is 0.810 bits per heavy atom. The lowest BCUT2D eigenvalue weighted by atomic mass is 9.90. The van der Waals surface area contributed by atoms with E-state index < -0.39 is 0 Å². The zero-order valence-corrected chi connectivity index (χ0v) is 15.0. The Hall–Kier alpha value is -1.38. The second kappa shape index (κ2) is 9.53. The molecular formula is C19H26OSi. The Kier molecular flexibility index (Phi) is 7.26. The minimum Gasteiger partial charge on any atom is -0.428 e. The quantitative estimate of drug-likeness (QED) is 0.504. The van der Waals surface area contributed by atoms with Gasteiger partial charge >= 0.3 is 0 Å².